The smallest absolute Gasteiger partial charge is 0.396 e. The van der Waals surface area contributed by atoms with Gasteiger partial charge >= 0.3 is 4.94 Å². The molecular weight excluding hydrogens is 332 g/mol. The van der Waals surface area contributed by atoms with Gasteiger partial charge in [-0.05, 0) is 22.9 Å². The van der Waals surface area contributed by atoms with Gasteiger partial charge in [-0.1, -0.05) is 35.6 Å². The van der Waals surface area contributed by atoms with E-state index in [1.54, 1.807) is 6.07 Å². The molecule has 1 atom stereocenters. The first-order chi connectivity index (χ1) is 11.1. The Morgan fingerprint density at radius 2 is 1.83 bits per heavy atom. The topological polar surface area (TPSA) is 73.5 Å². The molecule has 1 N–H and O–H groups in total. The normalized spacial score (nSPS) is 12.7. The molecule has 4 nitrogen and oxygen atoms in total. The van der Waals surface area contributed by atoms with Crippen molar-refractivity contribution in [2.75, 3.05) is 0 Å². The van der Waals surface area contributed by atoms with Crippen molar-refractivity contribution in [3.05, 3.63) is 64.3 Å². The molecule has 0 saturated heterocycles. The van der Waals surface area contributed by atoms with Crippen molar-refractivity contribution < 1.29 is 14.1 Å². The molecule has 0 spiro atoms. The van der Waals surface area contributed by atoms with Crippen LogP contribution in [0.3, 0.4) is 0 Å². The highest BCUT2D eigenvalue weighted by atomic mass is 32.2. The first-order valence-corrected chi connectivity index (χ1v) is 8.76. The largest absolute Gasteiger partial charge is 0.606 e. The summed E-state index contributed by atoms with van der Waals surface area (Å²) in [5, 5.41) is 11.8. The van der Waals surface area contributed by atoms with Crippen molar-refractivity contribution in [3.8, 4) is 5.75 Å². The highest BCUT2D eigenvalue weighted by molar-refractivity contribution is 7.91. The van der Waals surface area contributed by atoms with Gasteiger partial charge < -0.3 is 14.1 Å². The maximum Gasteiger partial charge on any atom is 0.396 e. The summed E-state index contributed by atoms with van der Waals surface area (Å²) >= 11 is -0.681. The second kappa shape index (κ2) is 5.42. The van der Waals surface area contributed by atoms with E-state index in [-0.39, 0.29) is 11.3 Å². The Bertz CT molecular complexity index is 1080. The van der Waals surface area contributed by atoms with Crippen molar-refractivity contribution in [1.82, 2.24) is 0 Å². The molecular formula is C17H10O4S2. The van der Waals surface area contributed by atoms with Crippen LogP contribution in [0.1, 0.15) is 0 Å². The lowest BCUT2D eigenvalue weighted by molar-refractivity contribution is 0.473. The zero-order chi connectivity index (χ0) is 16.0. The number of benzene rings is 3. The highest BCUT2D eigenvalue weighted by Gasteiger charge is 2.23. The Kier molecular flexibility index (Phi) is 3.37. The van der Waals surface area contributed by atoms with Gasteiger partial charge in [0.05, 0.1) is 4.70 Å². The number of fused-ring (bicyclic) bond motifs is 2. The van der Waals surface area contributed by atoms with Crippen LogP contribution in [0.5, 0.6) is 5.75 Å². The van der Waals surface area contributed by atoms with Crippen LogP contribution < -0.4 is 4.94 Å². The molecule has 114 valence electrons. The summed E-state index contributed by atoms with van der Waals surface area (Å²) in [6, 6.07) is 16.1. The van der Waals surface area contributed by atoms with Gasteiger partial charge in [-0.25, -0.2) is 4.79 Å². The van der Waals surface area contributed by atoms with Crippen LogP contribution in [-0.2, 0) is 11.2 Å². The van der Waals surface area contributed by atoms with E-state index in [1.165, 1.54) is 12.1 Å². The van der Waals surface area contributed by atoms with Crippen molar-refractivity contribution in [1.29, 1.82) is 0 Å². The Morgan fingerprint density at radius 3 is 2.65 bits per heavy atom. The number of phenols is 1. The molecule has 1 heterocycles. The Labute approximate surface area is 137 Å². The lowest BCUT2D eigenvalue weighted by Crippen LogP contribution is -2.02. The molecule has 0 aliphatic rings. The van der Waals surface area contributed by atoms with Gasteiger partial charge in [0.1, 0.15) is 5.75 Å². The molecule has 0 fully saturated rings. The fourth-order valence-electron chi connectivity index (χ4n) is 2.48. The van der Waals surface area contributed by atoms with Gasteiger partial charge in [0, 0.05) is 29.4 Å². The van der Waals surface area contributed by atoms with Crippen molar-refractivity contribution in [2.45, 2.75) is 9.79 Å². The third kappa shape index (κ3) is 2.50. The second-order valence-electron chi connectivity index (χ2n) is 5.00. The molecule has 6 heteroatoms. The summed E-state index contributed by atoms with van der Waals surface area (Å²) in [6.07, 6.45) is 0. The average molecular weight is 342 g/mol. The van der Waals surface area contributed by atoms with Crippen LogP contribution in [0.15, 0.2) is 73.6 Å². The fraction of sp³-hybridized carbons (Fsp3) is 0. The summed E-state index contributed by atoms with van der Waals surface area (Å²) in [7, 11) is 0. The Balaban J connectivity index is 1.90. The molecule has 0 aliphatic heterocycles. The van der Waals surface area contributed by atoms with E-state index in [1.807, 2.05) is 36.4 Å². The summed E-state index contributed by atoms with van der Waals surface area (Å²) in [5.41, 5.74) is 0.268. The number of aromatic hydroxyl groups is 1. The number of hydrogen-bond donors (Lipinski definition) is 1. The van der Waals surface area contributed by atoms with Crippen LogP contribution in [0.2, 0.25) is 0 Å². The van der Waals surface area contributed by atoms with E-state index in [0.29, 0.717) is 14.5 Å². The van der Waals surface area contributed by atoms with E-state index in [0.717, 1.165) is 22.1 Å². The minimum Gasteiger partial charge on any atom is -0.606 e. The van der Waals surface area contributed by atoms with Gasteiger partial charge in [0.25, 0.3) is 0 Å². The predicted molar refractivity (Wildman–Crippen MR) is 90.6 cm³/mol. The van der Waals surface area contributed by atoms with Gasteiger partial charge in [-0.2, -0.15) is 0 Å². The summed E-state index contributed by atoms with van der Waals surface area (Å²) in [6.45, 7) is 0. The maximum atomic E-state index is 12.9. The monoisotopic (exact) mass is 342 g/mol. The minimum atomic E-state index is -1.56. The Morgan fingerprint density at radius 1 is 1.04 bits per heavy atom. The van der Waals surface area contributed by atoms with E-state index in [4.69, 9.17) is 4.42 Å². The molecule has 0 radical (unpaired) electrons. The molecule has 23 heavy (non-hydrogen) atoms. The quantitative estimate of drug-likeness (QED) is 0.561. The van der Waals surface area contributed by atoms with Gasteiger partial charge in [0.2, 0.25) is 10.5 Å². The molecule has 4 aromatic rings. The molecule has 0 amide bonds. The average Bonchev–Trinajstić information content (AvgIpc) is 2.93. The molecule has 0 aliphatic carbocycles. The molecule has 1 unspecified atom stereocenters. The molecule has 1 aromatic heterocycles. The van der Waals surface area contributed by atoms with Crippen LogP contribution >= 0.6 is 11.3 Å². The van der Waals surface area contributed by atoms with Gasteiger partial charge in [-0.15, -0.1) is 0 Å². The molecule has 3 aromatic carbocycles. The van der Waals surface area contributed by atoms with Crippen molar-refractivity contribution in [2.24, 2.45) is 0 Å². The van der Waals surface area contributed by atoms with Crippen LogP contribution in [0.25, 0.3) is 21.1 Å². The number of hydrogen-bond acceptors (Lipinski definition) is 5. The third-order valence-corrected chi connectivity index (χ3v) is 5.68. The lowest BCUT2D eigenvalue weighted by atomic mass is 10.1. The van der Waals surface area contributed by atoms with Crippen LogP contribution in [0, 0.1) is 0 Å². The zero-order valence-corrected chi connectivity index (χ0v) is 13.3. The second-order valence-corrected chi connectivity index (χ2v) is 7.43. The predicted octanol–water partition coefficient (Wildman–Crippen LogP) is 3.88. The fourth-order valence-corrected chi connectivity index (χ4v) is 4.50. The van der Waals surface area contributed by atoms with E-state index in [9.17, 15) is 14.5 Å². The SMILES string of the molecule is O=c1oc2c([S+]([O-])c3ccc4ccccc4c3)cc(O)cc2s1. The third-order valence-electron chi connectivity index (χ3n) is 3.52. The van der Waals surface area contributed by atoms with Crippen molar-refractivity contribution in [3.63, 3.8) is 0 Å². The van der Waals surface area contributed by atoms with Crippen LogP contribution in [0.4, 0.5) is 0 Å². The standard InChI is InChI=1S/C17H10O4S2/c18-12-8-14-16(21-17(19)22-14)15(9-12)23(20)13-6-5-10-3-1-2-4-11(10)7-13/h1-9,18H. The summed E-state index contributed by atoms with van der Waals surface area (Å²) in [5.74, 6) is -0.0429. The lowest BCUT2D eigenvalue weighted by Gasteiger charge is -2.11. The van der Waals surface area contributed by atoms with Gasteiger partial charge in [0.15, 0.2) is 4.90 Å². The van der Waals surface area contributed by atoms with E-state index in [2.05, 4.69) is 0 Å². The number of phenolic OH excluding ortho intramolecular Hbond substituents is 1. The summed E-state index contributed by atoms with van der Waals surface area (Å²) < 4.78 is 18.5. The Hall–Kier alpha value is -2.28. The molecule has 4 rings (SSSR count). The number of rotatable bonds is 2. The zero-order valence-electron chi connectivity index (χ0n) is 11.7. The first kappa shape index (κ1) is 14.3. The van der Waals surface area contributed by atoms with Crippen LogP contribution in [-0.4, -0.2) is 9.66 Å². The van der Waals surface area contributed by atoms with E-state index < -0.39 is 16.1 Å². The minimum absolute atomic E-state index is 0.0429. The highest BCUT2D eigenvalue weighted by Crippen LogP contribution is 2.34. The molecule has 0 saturated carbocycles. The molecule has 0 bridgehead atoms. The summed E-state index contributed by atoms with van der Waals surface area (Å²) in [4.78, 5) is 11.9. The maximum absolute atomic E-state index is 12.9. The first-order valence-electron chi connectivity index (χ1n) is 6.79. The van der Waals surface area contributed by atoms with Crippen molar-refractivity contribution >= 4 is 43.6 Å². The van der Waals surface area contributed by atoms with Gasteiger partial charge in [-0.3, -0.25) is 0 Å². The van der Waals surface area contributed by atoms with E-state index >= 15 is 0 Å².